The number of carbonyl (C=O) groups excluding carboxylic acids is 1. The number of hydrogen-bond acceptors (Lipinski definition) is 3. The van der Waals surface area contributed by atoms with Gasteiger partial charge in [0.15, 0.2) is 0 Å². The molecule has 1 aliphatic heterocycles. The highest BCUT2D eigenvalue weighted by Crippen LogP contribution is 2.28. The van der Waals surface area contributed by atoms with Crippen LogP contribution in [0.15, 0.2) is 18.2 Å². The quantitative estimate of drug-likeness (QED) is 0.800. The highest BCUT2D eigenvalue weighted by atomic mass is 19.1. The largest absolute Gasteiger partial charge is 0.465 e. The minimum absolute atomic E-state index is 0.311. The van der Waals surface area contributed by atoms with Gasteiger partial charge in [0.25, 0.3) is 0 Å². The van der Waals surface area contributed by atoms with Crippen molar-refractivity contribution in [3.05, 3.63) is 35.1 Å². The summed E-state index contributed by atoms with van der Waals surface area (Å²) < 4.78 is 17.9. The fraction of sp³-hybridized carbons (Fsp3) is 0.462. The van der Waals surface area contributed by atoms with E-state index in [0.29, 0.717) is 11.5 Å². The number of carbonyl (C=O) groups is 1. The Labute approximate surface area is 100.0 Å². The van der Waals surface area contributed by atoms with Crippen molar-refractivity contribution in [2.45, 2.75) is 18.8 Å². The van der Waals surface area contributed by atoms with Crippen molar-refractivity contribution < 1.29 is 13.9 Å². The number of hydrogen-bond donors (Lipinski definition) is 1. The monoisotopic (exact) mass is 237 g/mol. The van der Waals surface area contributed by atoms with Crippen molar-refractivity contribution in [1.82, 2.24) is 5.32 Å². The molecule has 92 valence electrons. The predicted octanol–water partition coefficient (Wildman–Crippen LogP) is 2.08. The molecule has 3 nitrogen and oxygen atoms in total. The molecule has 0 atom stereocenters. The van der Waals surface area contributed by atoms with Gasteiger partial charge >= 0.3 is 5.97 Å². The summed E-state index contributed by atoms with van der Waals surface area (Å²) in [5, 5.41) is 3.27. The number of piperidine rings is 1. The molecule has 1 heterocycles. The molecule has 1 aromatic carbocycles. The van der Waals surface area contributed by atoms with Crippen molar-refractivity contribution in [2.75, 3.05) is 20.2 Å². The Morgan fingerprint density at radius 1 is 1.41 bits per heavy atom. The molecular weight excluding hydrogens is 221 g/mol. The van der Waals surface area contributed by atoms with Crippen LogP contribution in [0.25, 0.3) is 0 Å². The van der Waals surface area contributed by atoms with Gasteiger partial charge in [-0.3, -0.25) is 0 Å². The van der Waals surface area contributed by atoms with E-state index < -0.39 is 11.8 Å². The standard InChI is InChI=1S/C13H16FNO2/c1-17-13(16)12-8-10(14)2-3-11(12)9-4-6-15-7-5-9/h2-3,8-9,15H,4-7H2,1H3. The molecule has 4 heteroatoms. The van der Waals surface area contributed by atoms with Crippen LogP contribution in [0.5, 0.6) is 0 Å². The lowest BCUT2D eigenvalue weighted by Crippen LogP contribution is -2.27. The van der Waals surface area contributed by atoms with Crippen LogP contribution in [0.4, 0.5) is 4.39 Å². The van der Waals surface area contributed by atoms with E-state index in [1.165, 1.54) is 19.2 Å². The van der Waals surface area contributed by atoms with Crippen LogP contribution in [-0.4, -0.2) is 26.2 Å². The zero-order valence-corrected chi connectivity index (χ0v) is 9.83. The molecule has 1 saturated heterocycles. The molecule has 0 unspecified atom stereocenters. The molecule has 1 aliphatic rings. The fourth-order valence-electron chi connectivity index (χ4n) is 2.30. The zero-order chi connectivity index (χ0) is 12.3. The molecule has 1 aromatic rings. The first kappa shape index (κ1) is 12.0. The lowest BCUT2D eigenvalue weighted by molar-refractivity contribution is 0.0598. The van der Waals surface area contributed by atoms with Crippen LogP contribution in [0, 0.1) is 5.82 Å². The summed E-state index contributed by atoms with van der Waals surface area (Å²) in [5.74, 6) is -0.549. The Kier molecular flexibility index (Phi) is 3.74. The van der Waals surface area contributed by atoms with E-state index in [2.05, 4.69) is 5.32 Å². The van der Waals surface area contributed by atoms with Gasteiger partial charge in [-0.15, -0.1) is 0 Å². The first-order valence-corrected chi connectivity index (χ1v) is 5.81. The lowest BCUT2D eigenvalue weighted by Gasteiger charge is -2.24. The number of nitrogens with one attached hydrogen (secondary N) is 1. The Hall–Kier alpha value is -1.42. The zero-order valence-electron chi connectivity index (χ0n) is 9.83. The Bertz CT molecular complexity index is 414. The summed E-state index contributed by atoms with van der Waals surface area (Å²) >= 11 is 0. The molecular formula is C13H16FNO2. The van der Waals surface area contributed by atoms with Gasteiger partial charge < -0.3 is 10.1 Å². The number of halogens is 1. The van der Waals surface area contributed by atoms with Gasteiger partial charge in [-0.05, 0) is 49.5 Å². The number of methoxy groups -OCH3 is 1. The second-order valence-corrected chi connectivity index (χ2v) is 4.25. The molecule has 0 bridgehead atoms. The van der Waals surface area contributed by atoms with Gasteiger partial charge in [-0.1, -0.05) is 6.07 Å². The normalized spacial score (nSPS) is 16.8. The average molecular weight is 237 g/mol. The molecule has 0 saturated carbocycles. The molecule has 0 aromatic heterocycles. The van der Waals surface area contributed by atoms with Crippen LogP contribution in [0.2, 0.25) is 0 Å². The second-order valence-electron chi connectivity index (χ2n) is 4.25. The Balaban J connectivity index is 2.34. The molecule has 0 amide bonds. The predicted molar refractivity (Wildman–Crippen MR) is 62.6 cm³/mol. The molecule has 0 spiro atoms. The summed E-state index contributed by atoms with van der Waals surface area (Å²) in [6.07, 6.45) is 1.94. The Morgan fingerprint density at radius 2 is 2.12 bits per heavy atom. The Morgan fingerprint density at radius 3 is 2.76 bits per heavy atom. The van der Waals surface area contributed by atoms with E-state index in [9.17, 15) is 9.18 Å². The summed E-state index contributed by atoms with van der Waals surface area (Å²) in [6.45, 7) is 1.87. The van der Waals surface area contributed by atoms with E-state index >= 15 is 0 Å². The molecule has 0 radical (unpaired) electrons. The van der Waals surface area contributed by atoms with Gasteiger partial charge in [-0.2, -0.15) is 0 Å². The minimum Gasteiger partial charge on any atom is -0.465 e. The summed E-state index contributed by atoms with van der Waals surface area (Å²) in [7, 11) is 1.32. The average Bonchev–Trinajstić information content (AvgIpc) is 2.38. The SMILES string of the molecule is COC(=O)c1cc(F)ccc1C1CCNCC1. The molecule has 17 heavy (non-hydrogen) atoms. The lowest BCUT2D eigenvalue weighted by atomic mass is 9.87. The van der Waals surface area contributed by atoms with Crippen molar-refractivity contribution >= 4 is 5.97 Å². The van der Waals surface area contributed by atoms with Crippen LogP contribution in [0.3, 0.4) is 0 Å². The summed E-state index contributed by atoms with van der Waals surface area (Å²) in [5.41, 5.74) is 1.26. The maximum Gasteiger partial charge on any atom is 0.338 e. The fourth-order valence-corrected chi connectivity index (χ4v) is 2.30. The topological polar surface area (TPSA) is 38.3 Å². The highest BCUT2D eigenvalue weighted by Gasteiger charge is 2.22. The number of benzene rings is 1. The van der Waals surface area contributed by atoms with Crippen LogP contribution in [0.1, 0.15) is 34.7 Å². The van der Waals surface area contributed by atoms with Gasteiger partial charge in [0.1, 0.15) is 5.82 Å². The molecule has 0 aliphatic carbocycles. The van der Waals surface area contributed by atoms with E-state index in [1.807, 2.05) is 0 Å². The summed E-state index contributed by atoms with van der Waals surface area (Å²) in [6, 6.07) is 4.38. The highest BCUT2D eigenvalue weighted by molar-refractivity contribution is 5.91. The number of rotatable bonds is 2. The van der Waals surface area contributed by atoms with Crippen LogP contribution >= 0.6 is 0 Å². The van der Waals surface area contributed by atoms with E-state index in [4.69, 9.17) is 4.74 Å². The molecule has 1 fully saturated rings. The second kappa shape index (κ2) is 5.27. The third-order valence-electron chi connectivity index (χ3n) is 3.20. The van der Waals surface area contributed by atoms with E-state index in [1.54, 1.807) is 6.07 Å². The van der Waals surface area contributed by atoms with Gasteiger partial charge in [-0.25, -0.2) is 9.18 Å². The maximum atomic E-state index is 13.2. The van der Waals surface area contributed by atoms with Crippen LogP contribution in [-0.2, 0) is 4.74 Å². The third kappa shape index (κ3) is 2.64. The first-order chi connectivity index (χ1) is 8.22. The van der Waals surface area contributed by atoms with Crippen molar-refractivity contribution in [2.24, 2.45) is 0 Å². The van der Waals surface area contributed by atoms with E-state index in [-0.39, 0.29) is 0 Å². The van der Waals surface area contributed by atoms with Crippen molar-refractivity contribution in [3.8, 4) is 0 Å². The van der Waals surface area contributed by atoms with Gasteiger partial charge in [0, 0.05) is 0 Å². The molecule has 1 N–H and O–H groups in total. The van der Waals surface area contributed by atoms with Crippen molar-refractivity contribution in [1.29, 1.82) is 0 Å². The molecule has 2 rings (SSSR count). The van der Waals surface area contributed by atoms with Gasteiger partial charge in [0.05, 0.1) is 12.7 Å². The smallest absolute Gasteiger partial charge is 0.338 e. The number of ether oxygens (including phenoxy) is 1. The first-order valence-electron chi connectivity index (χ1n) is 5.81. The van der Waals surface area contributed by atoms with Crippen molar-refractivity contribution in [3.63, 3.8) is 0 Å². The maximum absolute atomic E-state index is 13.2. The number of esters is 1. The third-order valence-corrected chi connectivity index (χ3v) is 3.20. The van der Waals surface area contributed by atoms with Gasteiger partial charge in [0.2, 0.25) is 0 Å². The summed E-state index contributed by atoms with van der Waals surface area (Å²) in [4.78, 5) is 11.6. The van der Waals surface area contributed by atoms with E-state index in [0.717, 1.165) is 31.5 Å². The minimum atomic E-state index is -0.460. The van der Waals surface area contributed by atoms with Crippen LogP contribution < -0.4 is 5.32 Å².